The highest BCUT2D eigenvalue weighted by Crippen LogP contribution is 2.19. The van der Waals surface area contributed by atoms with Crippen molar-refractivity contribution in [2.75, 3.05) is 6.54 Å². The average molecular weight is 226 g/mol. The van der Waals surface area contributed by atoms with Crippen molar-refractivity contribution in [2.45, 2.75) is 63.1 Å². The number of rotatable bonds is 6. The zero-order chi connectivity index (χ0) is 11.4. The Morgan fingerprint density at radius 3 is 2.69 bits per heavy atom. The molecular weight excluding hydrogens is 204 g/mol. The lowest BCUT2D eigenvalue weighted by Gasteiger charge is -2.15. The van der Waals surface area contributed by atoms with Crippen molar-refractivity contribution >= 4 is 5.91 Å². The molecule has 0 spiro atoms. The van der Waals surface area contributed by atoms with E-state index in [0.29, 0.717) is 12.5 Å². The van der Waals surface area contributed by atoms with E-state index in [-0.39, 0.29) is 18.1 Å². The second-order valence-electron chi connectivity index (χ2n) is 5.00. The largest absolute Gasteiger partial charge is 0.392 e. The second-order valence-corrected chi connectivity index (χ2v) is 5.00. The Labute approximate surface area is 96.8 Å². The first-order valence-electron chi connectivity index (χ1n) is 6.46. The third kappa shape index (κ3) is 3.76. The average Bonchev–Trinajstić information content (AvgIpc) is 2.96. The quantitative estimate of drug-likeness (QED) is 0.580. The predicted octanol–water partition coefficient (Wildman–Crippen LogP) is 0.548. The molecule has 0 saturated heterocycles. The molecule has 3 N–H and O–H groups in total. The van der Waals surface area contributed by atoms with E-state index >= 15 is 0 Å². The zero-order valence-electron chi connectivity index (χ0n) is 9.74. The van der Waals surface area contributed by atoms with E-state index in [1.165, 1.54) is 0 Å². The van der Waals surface area contributed by atoms with Crippen LogP contribution in [0.2, 0.25) is 0 Å². The highest BCUT2D eigenvalue weighted by atomic mass is 16.3. The monoisotopic (exact) mass is 226 g/mol. The number of carbonyl (C=O) groups is 1. The summed E-state index contributed by atoms with van der Waals surface area (Å²) in [6, 6.07) is 0.726. The molecule has 0 unspecified atom stereocenters. The van der Waals surface area contributed by atoms with Gasteiger partial charge in [-0.15, -0.1) is 0 Å². The Kier molecular flexibility index (Phi) is 4.18. The minimum Gasteiger partial charge on any atom is -0.392 e. The smallest absolute Gasteiger partial charge is 0.220 e. The van der Waals surface area contributed by atoms with Crippen molar-refractivity contribution in [1.29, 1.82) is 0 Å². The Morgan fingerprint density at radius 2 is 2.06 bits per heavy atom. The third-order valence-corrected chi connectivity index (χ3v) is 3.41. The summed E-state index contributed by atoms with van der Waals surface area (Å²) in [6.45, 7) is 0.833. The molecule has 2 saturated carbocycles. The fraction of sp³-hybridized carbons (Fsp3) is 0.917. The summed E-state index contributed by atoms with van der Waals surface area (Å²) < 4.78 is 0. The van der Waals surface area contributed by atoms with Crippen LogP contribution in [0.1, 0.15) is 44.9 Å². The van der Waals surface area contributed by atoms with Gasteiger partial charge in [-0.25, -0.2) is 0 Å². The number of carbonyl (C=O) groups excluding carboxylic acids is 1. The molecule has 0 aromatic heterocycles. The van der Waals surface area contributed by atoms with E-state index < -0.39 is 0 Å². The number of amides is 1. The minimum atomic E-state index is -0.180. The molecule has 16 heavy (non-hydrogen) atoms. The first-order chi connectivity index (χ1) is 7.75. The molecule has 1 amide bonds. The van der Waals surface area contributed by atoms with E-state index in [1.807, 2.05) is 0 Å². The zero-order valence-corrected chi connectivity index (χ0v) is 9.74. The Morgan fingerprint density at radius 1 is 1.25 bits per heavy atom. The molecule has 4 nitrogen and oxygen atoms in total. The van der Waals surface area contributed by atoms with Crippen LogP contribution in [0.15, 0.2) is 0 Å². The molecule has 0 aromatic carbocycles. The van der Waals surface area contributed by atoms with Crippen molar-refractivity contribution in [3.8, 4) is 0 Å². The van der Waals surface area contributed by atoms with Gasteiger partial charge in [0.05, 0.1) is 6.10 Å². The fourth-order valence-electron chi connectivity index (χ4n) is 2.24. The van der Waals surface area contributed by atoms with Crippen LogP contribution in [0.3, 0.4) is 0 Å². The molecule has 2 aliphatic carbocycles. The van der Waals surface area contributed by atoms with Gasteiger partial charge < -0.3 is 15.7 Å². The van der Waals surface area contributed by atoms with Crippen LogP contribution in [0.4, 0.5) is 0 Å². The number of nitrogens with one attached hydrogen (secondary N) is 2. The summed E-state index contributed by atoms with van der Waals surface area (Å²) in [6.07, 6.45) is 6.68. The Bertz CT molecular complexity index is 241. The van der Waals surface area contributed by atoms with Crippen molar-refractivity contribution in [3.63, 3.8) is 0 Å². The van der Waals surface area contributed by atoms with Crippen LogP contribution >= 0.6 is 0 Å². The Balaban J connectivity index is 1.49. The normalized spacial score (nSPS) is 29.3. The lowest BCUT2D eigenvalue weighted by atomic mass is 10.2. The highest BCUT2D eigenvalue weighted by molar-refractivity contribution is 5.76. The van der Waals surface area contributed by atoms with E-state index in [2.05, 4.69) is 10.6 Å². The van der Waals surface area contributed by atoms with Gasteiger partial charge in [0.15, 0.2) is 0 Å². The van der Waals surface area contributed by atoms with E-state index in [4.69, 9.17) is 0 Å². The van der Waals surface area contributed by atoms with Gasteiger partial charge in [0, 0.05) is 18.5 Å². The number of aliphatic hydroxyl groups excluding tert-OH is 1. The van der Waals surface area contributed by atoms with Crippen LogP contribution < -0.4 is 10.6 Å². The summed E-state index contributed by atoms with van der Waals surface area (Å²) in [7, 11) is 0. The molecule has 92 valence electrons. The molecule has 0 aliphatic heterocycles. The molecule has 2 fully saturated rings. The van der Waals surface area contributed by atoms with Gasteiger partial charge in [0.1, 0.15) is 0 Å². The summed E-state index contributed by atoms with van der Waals surface area (Å²) >= 11 is 0. The minimum absolute atomic E-state index is 0.177. The lowest BCUT2D eigenvalue weighted by molar-refractivity contribution is -0.121. The highest BCUT2D eigenvalue weighted by Gasteiger charge is 2.24. The standard InChI is InChI=1S/C12H22N2O2/c15-11-4-1-3-10(11)13-8-2-5-12(16)14-9-6-7-9/h9-11,13,15H,1-8H2,(H,14,16)/t10-,11-/m0/s1. The van der Waals surface area contributed by atoms with Crippen LogP contribution in [-0.4, -0.2) is 35.7 Å². The van der Waals surface area contributed by atoms with E-state index in [9.17, 15) is 9.90 Å². The maximum atomic E-state index is 11.4. The van der Waals surface area contributed by atoms with E-state index in [0.717, 1.165) is 45.1 Å². The van der Waals surface area contributed by atoms with Crippen molar-refractivity contribution in [3.05, 3.63) is 0 Å². The van der Waals surface area contributed by atoms with Crippen molar-refractivity contribution in [2.24, 2.45) is 0 Å². The second kappa shape index (κ2) is 5.64. The SMILES string of the molecule is O=C(CCCN[C@H]1CCC[C@@H]1O)NC1CC1. The first-order valence-corrected chi connectivity index (χ1v) is 6.46. The topological polar surface area (TPSA) is 61.4 Å². The van der Waals surface area contributed by atoms with Gasteiger partial charge in [-0.1, -0.05) is 0 Å². The fourth-order valence-corrected chi connectivity index (χ4v) is 2.24. The number of hydrogen-bond acceptors (Lipinski definition) is 3. The molecule has 0 bridgehead atoms. The first kappa shape index (κ1) is 11.9. The summed E-state index contributed by atoms with van der Waals surface area (Å²) in [5.74, 6) is 0.177. The lowest BCUT2D eigenvalue weighted by Crippen LogP contribution is -2.36. The molecule has 2 atom stereocenters. The van der Waals surface area contributed by atoms with E-state index in [1.54, 1.807) is 0 Å². The van der Waals surface area contributed by atoms with Crippen molar-refractivity contribution < 1.29 is 9.90 Å². The molecule has 0 radical (unpaired) electrons. The van der Waals surface area contributed by atoms with Gasteiger partial charge >= 0.3 is 0 Å². The molecule has 0 heterocycles. The van der Waals surface area contributed by atoms with Crippen molar-refractivity contribution in [1.82, 2.24) is 10.6 Å². The number of hydrogen-bond donors (Lipinski definition) is 3. The molecule has 2 aliphatic rings. The van der Waals surface area contributed by atoms with Gasteiger partial charge in [-0.2, -0.15) is 0 Å². The van der Waals surface area contributed by atoms with Crippen LogP contribution in [0, 0.1) is 0 Å². The molecular formula is C12H22N2O2. The third-order valence-electron chi connectivity index (χ3n) is 3.41. The van der Waals surface area contributed by atoms with Gasteiger partial charge in [0.25, 0.3) is 0 Å². The summed E-state index contributed by atoms with van der Waals surface area (Å²) in [5.41, 5.74) is 0. The molecule has 2 rings (SSSR count). The molecule has 0 aromatic rings. The predicted molar refractivity (Wildman–Crippen MR) is 62.0 cm³/mol. The number of aliphatic hydroxyl groups is 1. The van der Waals surface area contributed by atoms with Gasteiger partial charge in [-0.05, 0) is 45.1 Å². The maximum Gasteiger partial charge on any atom is 0.220 e. The maximum absolute atomic E-state index is 11.4. The molecule has 4 heteroatoms. The van der Waals surface area contributed by atoms with Gasteiger partial charge in [0.2, 0.25) is 5.91 Å². The summed E-state index contributed by atoms with van der Waals surface area (Å²) in [5, 5.41) is 15.9. The van der Waals surface area contributed by atoms with Crippen LogP contribution in [0.25, 0.3) is 0 Å². The Hall–Kier alpha value is -0.610. The van der Waals surface area contributed by atoms with Crippen LogP contribution in [0.5, 0.6) is 0 Å². The van der Waals surface area contributed by atoms with Gasteiger partial charge in [-0.3, -0.25) is 4.79 Å². The summed E-state index contributed by atoms with van der Waals surface area (Å²) in [4.78, 5) is 11.4. The van der Waals surface area contributed by atoms with Crippen LogP contribution in [-0.2, 0) is 4.79 Å².